The zero-order valence-corrected chi connectivity index (χ0v) is 22.7. The van der Waals surface area contributed by atoms with Crippen molar-refractivity contribution in [1.82, 2.24) is 19.7 Å². The molecular formula is C28H34N4O5S. The number of benzene rings is 2. The van der Waals surface area contributed by atoms with Crippen LogP contribution in [0.4, 0.5) is 4.79 Å². The van der Waals surface area contributed by atoms with Crippen molar-refractivity contribution in [1.29, 1.82) is 0 Å². The number of ether oxygens (including phenoxy) is 2. The number of nitrogens with one attached hydrogen (secondary N) is 1. The number of aromatic nitrogens is 1. The number of rotatable bonds is 10. The number of fused-ring (bicyclic) bond motifs is 1. The van der Waals surface area contributed by atoms with Gasteiger partial charge in [-0.05, 0) is 44.2 Å². The molecule has 202 valence electrons. The zero-order chi connectivity index (χ0) is 26.9. The van der Waals surface area contributed by atoms with Crippen LogP contribution < -0.4 is 10.1 Å². The van der Waals surface area contributed by atoms with Gasteiger partial charge in [0.05, 0.1) is 19.0 Å². The second kappa shape index (κ2) is 13.2. The summed E-state index contributed by atoms with van der Waals surface area (Å²) in [7, 11) is 0. The molecule has 0 unspecified atom stereocenters. The average Bonchev–Trinajstić information content (AvgIpc) is 3.30. The Morgan fingerprint density at radius 1 is 0.921 bits per heavy atom. The van der Waals surface area contributed by atoms with Gasteiger partial charge in [0.2, 0.25) is 5.91 Å². The first-order valence-corrected chi connectivity index (χ1v) is 13.9. The highest BCUT2D eigenvalue weighted by atomic mass is 32.2. The van der Waals surface area contributed by atoms with E-state index in [0.29, 0.717) is 63.8 Å². The molecule has 0 aliphatic carbocycles. The highest BCUT2D eigenvalue weighted by molar-refractivity contribution is 8.00. The molecule has 4 rings (SSSR count). The van der Waals surface area contributed by atoms with E-state index in [1.54, 1.807) is 41.0 Å². The minimum atomic E-state index is -0.322. The summed E-state index contributed by atoms with van der Waals surface area (Å²) < 4.78 is 12.6. The van der Waals surface area contributed by atoms with E-state index in [0.717, 1.165) is 21.5 Å². The van der Waals surface area contributed by atoms with Crippen LogP contribution in [0, 0.1) is 0 Å². The summed E-state index contributed by atoms with van der Waals surface area (Å²) in [6.45, 7) is 7.69. The fourth-order valence-corrected chi connectivity index (χ4v) is 5.35. The smallest absolute Gasteiger partial charge is 0.409 e. The first-order chi connectivity index (χ1) is 18.5. The van der Waals surface area contributed by atoms with Crippen molar-refractivity contribution in [2.75, 3.05) is 51.7 Å². The number of carbonyl (C=O) groups is 3. The van der Waals surface area contributed by atoms with E-state index >= 15 is 0 Å². The monoisotopic (exact) mass is 538 g/mol. The number of hydrogen-bond donors (Lipinski definition) is 1. The highest BCUT2D eigenvalue weighted by Crippen LogP contribution is 2.30. The maximum atomic E-state index is 12.9. The second-order valence-electron chi connectivity index (χ2n) is 8.77. The lowest BCUT2D eigenvalue weighted by molar-refractivity contribution is -0.129. The lowest BCUT2D eigenvalue weighted by Crippen LogP contribution is -2.51. The number of amides is 3. The Morgan fingerprint density at radius 3 is 2.34 bits per heavy atom. The lowest BCUT2D eigenvalue weighted by Gasteiger charge is -2.34. The van der Waals surface area contributed by atoms with Gasteiger partial charge in [-0.1, -0.05) is 18.2 Å². The molecule has 3 amide bonds. The number of hydrogen-bond acceptors (Lipinski definition) is 6. The highest BCUT2D eigenvalue weighted by Gasteiger charge is 2.25. The third kappa shape index (κ3) is 6.80. The molecule has 1 aliphatic rings. The van der Waals surface area contributed by atoms with Crippen LogP contribution in [0.15, 0.2) is 59.6 Å². The summed E-state index contributed by atoms with van der Waals surface area (Å²) in [5, 5.41) is 4.06. The van der Waals surface area contributed by atoms with E-state index in [4.69, 9.17) is 9.47 Å². The van der Waals surface area contributed by atoms with Crippen molar-refractivity contribution in [3.63, 3.8) is 0 Å². The molecule has 0 spiro atoms. The van der Waals surface area contributed by atoms with E-state index in [-0.39, 0.29) is 17.9 Å². The van der Waals surface area contributed by atoms with Crippen LogP contribution in [0.2, 0.25) is 0 Å². The number of thioether (sulfide) groups is 1. The molecule has 1 aliphatic heterocycles. The van der Waals surface area contributed by atoms with Gasteiger partial charge >= 0.3 is 6.09 Å². The van der Waals surface area contributed by atoms with Gasteiger partial charge < -0.3 is 29.2 Å². The Balaban J connectivity index is 1.31. The van der Waals surface area contributed by atoms with Gasteiger partial charge in [-0.3, -0.25) is 9.59 Å². The molecule has 3 aromatic rings. The molecule has 0 radical (unpaired) electrons. The van der Waals surface area contributed by atoms with Crippen LogP contribution in [0.1, 0.15) is 24.2 Å². The van der Waals surface area contributed by atoms with Crippen molar-refractivity contribution in [3.8, 4) is 5.75 Å². The first-order valence-electron chi connectivity index (χ1n) is 12.9. The van der Waals surface area contributed by atoms with Crippen molar-refractivity contribution in [2.45, 2.75) is 25.3 Å². The molecule has 1 aromatic heterocycles. The Morgan fingerprint density at radius 2 is 1.63 bits per heavy atom. The summed E-state index contributed by atoms with van der Waals surface area (Å²) in [6, 6.07) is 15.2. The summed E-state index contributed by atoms with van der Waals surface area (Å²) in [4.78, 5) is 41.8. The van der Waals surface area contributed by atoms with E-state index in [1.165, 1.54) is 11.8 Å². The number of carbonyl (C=O) groups excluding carboxylic acids is 3. The normalized spacial score (nSPS) is 13.4. The Labute approximate surface area is 227 Å². The molecule has 2 aromatic carbocycles. The van der Waals surface area contributed by atoms with Crippen molar-refractivity contribution < 1.29 is 23.9 Å². The number of para-hydroxylation sites is 1. The standard InChI is InChI=1S/C28H34N4O5S/c1-3-36-22-11-9-21(10-12-22)27(34)29-13-14-32-19-25(23-7-5-6-8-24(23)32)38-20-26(33)30-15-17-31(18-16-30)28(35)37-4-2/h5-12,19H,3-4,13-18,20H2,1-2H3,(H,29,34). The van der Waals surface area contributed by atoms with Crippen molar-refractivity contribution >= 4 is 40.6 Å². The third-order valence-corrected chi connectivity index (χ3v) is 7.35. The van der Waals surface area contributed by atoms with Gasteiger partial charge in [-0.15, -0.1) is 11.8 Å². The quantitative estimate of drug-likeness (QED) is 0.394. The van der Waals surface area contributed by atoms with Crippen LogP contribution in [-0.2, 0) is 16.1 Å². The van der Waals surface area contributed by atoms with Crippen molar-refractivity contribution in [3.05, 3.63) is 60.3 Å². The molecule has 38 heavy (non-hydrogen) atoms. The van der Waals surface area contributed by atoms with Crippen LogP contribution in [0.25, 0.3) is 10.9 Å². The summed E-state index contributed by atoms with van der Waals surface area (Å²) in [6.07, 6.45) is 1.72. The summed E-state index contributed by atoms with van der Waals surface area (Å²) >= 11 is 1.51. The van der Waals surface area contributed by atoms with Gasteiger partial charge in [0.25, 0.3) is 5.91 Å². The second-order valence-corrected chi connectivity index (χ2v) is 9.79. The van der Waals surface area contributed by atoms with E-state index < -0.39 is 0 Å². The Hall–Kier alpha value is -3.66. The summed E-state index contributed by atoms with van der Waals surface area (Å²) in [5.74, 6) is 0.984. The van der Waals surface area contributed by atoms with E-state index in [9.17, 15) is 14.4 Å². The van der Waals surface area contributed by atoms with Gasteiger partial charge in [0.1, 0.15) is 5.75 Å². The SMILES string of the molecule is CCOC(=O)N1CCN(C(=O)CSc2cn(CCNC(=O)c3ccc(OCC)cc3)c3ccccc23)CC1. The first kappa shape index (κ1) is 27.4. The van der Waals surface area contributed by atoms with Crippen LogP contribution in [0.3, 0.4) is 0 Å². The summed E-state index contributed by atoms with van der Waals surface area (Å²) in [5.41, 5.74) is 1.64. The largest absolute Gasteiger partial charge is 0.494 e. The van der Waals surface area contributed by atoms with Gasteiger partial charge in [0, 0.05) is 66.8 Å². The third-order valence-electron chi connectivity index (χ3n) is 6.33. The van der Waals surface area contributed by atoms with Crippen LogP contribution >= 0.6 is 11.8 Å². The minimum Gasteiger partial charge on any atom is -0.494 e. The molecule has 0 bridgehead atoms. The molecule has 1 N–H and O–H groups in total. The Bertz CT molecular complexity index is 1250. The average molecular weight is 539 g/mol. The predicted octanol–water partition coefficient (Wildman–Crippen LogP) is 3.86. The van der Waals surface area contributed by atoms with E-state index in [2.05, 4.69) is 16.0 Å². The molecule has 1 saturated heterocycles. The predicted molar refractivity (Wildman–Crippen MR) is 148 cm³/mol. The van der Waals surface area contributed by atoms with E-state index in [1.807, 2.05) is 31.3 Å². The zero-order valence-electron chi connectivity index (χ0n) is 21.9. The molecular weight excluding hydrogens is 504 g/mol. The van der Waals surface area contributed by atoms with Crippen LogP contribution in [0.5, 0.6) is 5.75 Å². The van der Waals surface area contributed by atoms with Gasteiger partial charge in [-0.25, -0.2) is 4.79 Å². The number of nitrogens with zero attached hydrogens (tertiary/aromatic N) is 3. The molecule has 2 heterocycles. The van der Waals surface area contributed by atoms with Gasteiger partial charge in [-0.2, -0.15) is 0 Å². The molecule has 0 saturated carbocycles. The van der Waals surface area contributed by atoms with Gasteiger partial charge in [0.15, 0.2) is 0 Å². The van der Waals surface area contributed by atoms with Crippen molar-refractivity contribution in [2.24, 2.45) is 0 Å². The number of piperazine rings is 1. The Kier molecular flexibility index (Phi) is 9.53. The molecule has 9 nitrogen and oxygen atoms in total. The maximum Gasteiger partial charge on any atom is 0.409 e. The molecule has 0 atom stereocenters. The molecule has 10 heteroatoms. The lowest BCUT2D eigenvalue weighted by atomic mass is 10.2. The minimum absolute atomic E-state index is 0.0537. The fraction of sp³-hybridized carbons (Fsp3) is 0.393. The molecule has 1 fully saturated rings. The maximum absolute atomic E-state index is 12.9. The fourth-order valence-electron chi connectivity index (χ4n) is 4.36. The topological polar surface area (TPSA) is 93.1 Å². The van der Waals surface area contributed by atoms with Crippen LogP contribution in [-0.4, -0.2) is 84.0 Å².